The zero-order valence-corrected chi connectivity index (χ0v) is 17.4. The van der Waals surface area contributed by atoms with Gasteiger partial charge in [0.25, 0.3) is 5.91 Å². The number of carbonyl (C=O) groups excluding carboxylic acids is 2. The van der Waals surface area contributed by atoms with Gasteiger partial charge in [0.15, 0.2) is 0 Å². The van der Waals surface area contributed by atoms with Gasteiger partial charge in [-0.2, -0.15) is 0 Å². The minimum Gasteiger partial charge on any atom is -0.550 e. The number of carbonyl (C=O) groups is 2. The first-order valence-electron chi connectivity index (χ1n) is 9.26. The van der Waals surface area contributed by atoms with Gasteiger partial charge in [-0.1, -0.05) is 42.5 Å². The number of aliphatic carboxylic acids is 1. The van der Waals surface area contributed by atoms with Crippen LogP contribution in [0, 0.1) is 0 Å². The van der Waals surface area contributed by atoms with Gasteiger partial charge in [0.05, 0.1) is 4.91 Å². The molecule has 0 bridgehead atoms. The summed E-state index contributed by atoms with van der Waals surface area (Å²) in [5, 5.41) is 10.4. The highest BCUT2D eigenvalue weighted by atomic mass is 32.2. The molecular weight excluding hydrogens is 380 g/mol. The summed E-state index contributed by atoms with van der Waals surface area (Å²) >= 11 is 6.65. The van der Waals surface area contributed by atoms with E-state index in [4.69, 9.17) is 12.2 Å². The summed E-state index contributed by atoms with van der Waals surface area (Å²) in [6, 6.07) is 8.16. The molecule has 0 radical (unpaired) electrons. The van der Waals surface area contributed by atoms with Gasteiger partial charge in [0, 0.05) is 31.3 Å². The highest BCUT2D eigenvalue weighted by molar-refractivity contribution is 8.26. The highest BCUT2D eigenvalue weighted by Crippen LogP contribution is 2.33. The van der Waals surface area contributed by atoms with E-state index in [1.807, 2.05) is 18.2 Å². The molecule has 0 saturated carbocycles. The van der Waals surface area contributed by atoms with Crippen LogP contribution in [0.1, 0.15) is 45.1 Å². The number of carboxylic acids is 1. The Morgan fingerprint density at radius 1 is 1.19 bits per heavy atom. The number of hydrogen-bond donors (Lipinski definition) is 0. The quantitative estimate of drug-likeness (QED) is 0.339. The Bertz CT molecular complexity index is 712. The number of carboxylic acid groups (broad SMARTS) is 1. The lowest BCUT2D eigenvalue weighted by molar-refractivity contribution is -0.305. The maximum Gasteiger partial charge on any atom is 0.266 e. The largest absolute Gasteiger partial charge is 0.550 e. The maximum atomic E-state index is 12.6. The topological polar surface area (TPSA) is 63.7 Å². The molecule has 146 valence electrons. The third-order valence-corrected chi connectivity index (χ3v) is 5.83. The van der Waals surface area contributed by atoms with E-state index >= 15 is 0 Å². The maximum absolute atomic E-state index is 12.6. The zero-order chi connectivity index (χ0) is 19.8. The van der Waals surface area contributed by atoms with E-state index in [0.717, 1.165) is 31.5 Å². The van der Waals surface area contributed by atoms with E-state index in [1.165, 1.54) is 17.4 Å². The average molecular weight is 406 g/mol. The fraction of sp³-hybridized carbons (Fsp3) is 0.450. The summed E-state index contributed by atoms with van der Waals surface area (Å²) < 4.78 is 0.561. The van der Waals surface area contributed by atoms with Gasteiger partial charge in [-0.05, 0) is 56.9 Å². The summed E-state index contributed by atoms with van der Waals surface area (Å²) in [7, 11) is 0. The Balaban J connectivity index is 1.96. The van der Waals surface area contributed by atoms with Crippen molar-refractivity contribution < 1.29 is 14.7 Å². The van der Waals surface area contributed by atoms with Crippen molar-refractivity contribution in [3.05, 3.63) is 34.7 Å². The molecule has 1 fully saturated rings. The van der Waals surface area contributed by atoms with Crippen molar-refractivity contribution in [3.63, 3.8) is 0 Å². The summed E-state index contributed by atoms with van der Waals surface area (Å²) in [5.74, 6) is -1.10. The van der Waals surface area contributed by atoms with Crippen LogP contribution in [0.4, 0.5) is 5.69 Å². The molecule has 0 aromatic heterocycles. The standard InChI is InChI=1S/C20H26N2O3S2/c1-3-21(4-2)16-11-9-15(10-12-16)14-17-19(25)22(20(26)27-17)13-7-5-6-8-18(23)24/h9-12,14H,3-8,13H2,1-2H3,(H,23,24)/p-1/b17-14-. The molecule has 1 heterocycles. The molecule has 2 rings (SSSR count). The summed E-state index contributed by atoms with van der Waals surface area (Å²) in [4.78, 5) is 27.5. The van der Waals surface area contributed by atoms with E-state index in [0.29, 0.717) is 22.2 Å². The fourth-order valence-corrected chi connectivity index (χ4v) is 4.24. The van der Waals surface area contributed by atoms with Crippen LogP contribution >= 0.6 is 24.0 Å². The fourth-order valence-electron chi connectivity index (χ4n) is 2.93. The molecule has 0 aliphatic carbocycles. The summed E-state index contributed by atoms with van der Waals surface area (Å²) in [5.41, 5.74) is 2.14. The third-order valence-electron chi connectivity index (χ3n) is 4.46. The molecule has 1 saturated heterocycles. The van der Waals surface area contributed by atoms with Crippen LogP contribution in [-0.2, 0) is 9.59 Å². The number of thioether (sulfide) groups is 1. The number of unbranched alkanes of at least 4 members (excludes halogenated alkanes) is 2. The smallest absolute Gasteiger partial charge is 0.266 e. The number of rotatable bonds is 10. The van der Waals surface area contributed by atoms with E-state index < -0.39 is 5.97 Å². The second kappa shape index (κ2) is 10.5. The number of anilines is 1. The van der Waals surface area contributed by atoms with Crippen molar-refractivity contribution in [3.8, 4) is 0 Å². The first kappa shape index (κ1) is 21.4. The van der Waals surface area contributed by atoms with Gasteiger partial charge in [-0.3, -0.25) is 9.69 Å². The van der Waals surface area contributed by atoms with Crippen LogP contribution in [0.5, 0.6) is 0 Å². The number of amides is 1. The SMILES string of the molecule is CCN(CC)c1ccc(/C=C2\SC(=S)N(CCCCCC(=O)[O-])C2=O)cc1. The van der Waals surface area contributed by atoms with Gasteiger partial charge in [0.1, 0.15) is 4.32 Å². The Hall–Kier alpha value is -1.86. The molecule has 0 atom stereocenters. The number of thiocarbonyl (C=S) groups is 1. The Kier molecular flexibility index (Phi) is 8.31. The van der Waals surface area contributed by atoms with Gasteiger partial charge in [-0.15, -0.1) is 0 Å². The van der Waals surface area contributed by atoms with Crippen molar-refractivity contribution >= 4 is 51.9 Å². The van der Waals surface area contributed by atoms with Crippen LogP contribution in [0.3, 0.4) is 0 Å². The minimum atomic E-state index is -1.03. The lowest BCUT2D eigenvalue weighted by atomic mass is 10.1. The van der Waals surface area contributed by atoms with Crippen molar-refractivity contribution in [1.29, 1.82) is 0 Å². The molecule has 27 heavy (non-hydrogen) atoms. The molecule has 0 N–H and O–H groups in total. The molecule has 0 spiro atoms. The molecule has 1 aliphatic rings. The number of benzene rings is 1. The Morgan fingerprint density at radius 2 is 1.85 bits per heavy atom. The van der Waals surface area contributed by atoms with Crippen LogP contribution in [-0.4, -0.2) is 40.7 Å². The monoisotopic (exact) mass is 405 g/mol. The molecule has 1 aromatic rings. The van der Waals surface area contributed by atoms with Crippen molar-refractivity contribution in [2.75, 3.05) is 24.5 Å². The second-order valence-corrected chi connectivity index (χ2v) is 7.96. The van der Waals surface area contributed by atoms with E-state index in [-0.39, 0.29) is 12.3 Å². The van der Waals surface area contributed by atoms with Crippen molar-refractivity contribution in [2.45, 2.75) is 39.5 Å². The van der Waals surface area contributed by atoms with E-state index in [9.17, 15) is 14.7 Å². The van der Waals surface area contributed by atoms with Gasteiger partial charge < -0.3 is 14.8 Å². The third kappa shape index (κ3) is 6.07. The normalized spacial score (nSPS) is 15.6. The molecular formula is C20H25N2O3S2-. The Morgan fingerprint density at radius 3 is 2.44 bits per heavy atom. The van der Waals surface area contributed by atoms with Gasteiger partial charge in [-0.25, -0.2) is 0 Å². The van der Waals surface area contributed by atoms with Crippen LogP contribution in [0.15, 0.2) is 29.2 Å². The van der Waals surface area contributed by atoms with Crippen LogP contribution in [0.2, 0.25) is 0 Å². The van der Waals surface area contributed by atoms with Gasteiger partial charge >= 0.3 is 0 Å². The lowest BCUT2D eigenvalue weighted by Gasteiger charge is -2.20. The Labute approximate surface area is 170 Å². The van der Waals surface area contributed by atoms with Gasteiger partial charge in [0.2, 0.25) is 0 Å². The molecule has 1 amide bonds. The zero-order valence-electron chi connectivity index (χ0n) is 15.8. The number of nitrogens with zero attached hydrogens (tertiary/aromatic N) is 2. The molecule has 7 heteroatoms. The summed E-state index contributed by atoms with van der Waals surface area (Å²) in [6.45, 7) is 6.69. The highest BCUT2D eigenvalue weighted by Gasteiger charge is 2.31. The van der Waals surface area contributed by atoms with Crippen LogP contribution < -0.4 is 10.0 Å². The molecule has 1 aromatic carbocycles. The molecule has 1 aliphatic heterocycles. The van der Waals surface area contributed by atoms with Crippen LogP contribution in [0.25, 0.3) is 6.08 Å². The first-order valence-corrected chi connectivity index (χ1v) is 10.5. The predicted molar refractivity (Wildman–Crippen MR) is 113 cm³/mol. The van der Waals surface area contributed by atoms with Crippen molar-refractivity contribution in [2.24, 2.45) is 0 Å². The lowest BCUT2D eigenvalue weighted by Crippen LogP contribution is -2.29. The first-order chi connectivity index (χ1) is 13.0. The predicted octanol–water partition coefficient (Wildman–Crippen LogP) is 3.04. The average Bonchev–Trinajstić information content (AvgIpc) is 2.90. The molecule has 0 unspecified atom stereocenters. The molecule has 5 nitrogen and oxygen atoms in total. The summed E-state index contributed by atoms with van der Waals surface area (Å²) in [6.07, 6.45) is 3.96. The van der Waals surface area contributed by atoms with E-state index in [2.05, 4.69) is 30.9 Å². The van der Waals surface area contributed by atoms with E-state index in [1.54, 1.807) is 4.90 Å². The number of hydrogen-bond acceptors (Lipinski definition) is 6. The minimum absolute atomic E-state index is 0.0573. The van der Waals surface area contributed by atoms with Crippen molar-refractivity contribution in [1.82, 2.24) is 4.90 Å². The second-order valence-electron chi connectivity index (χ2n) is 6.28.